The van der Waals surface area contributed by atoms with E-state index in [1.807, 2.05) is 25.1 Å². The first kappa shape index (κ1) is 19.4. The maximum Gasteiger partial charge on any atom is 0.325 e. The summed E-state index contributed by atoms with van der Waals surface area (Å²) < 4.78 is 7.29. The van der Waals surface area contributed by atoms with Crippen LogP contribution in [0.5, 0.6) is 0 Å². The highest BCUT2D eigenvalue weighted by Gasteiger charge is 2.14. The molecule has 3 aromatic rings. The van der Waals surface area contributed by atoms with Crippen LogP contribution < -0.4 is 4.80 Å². The minimum atomic E-state index is -0.546. The molecule has 28 heavy (non-hydrogen) atoms. The van der Waals surface area contributed by atoms with Gasteiger partial charge in [0.1, 0.15) is 6.54 Å². The molecule has 1 heterocycles. The van der Waals surface area contributed by atoms with Gasteiger partial charge in [-0.1, -0.05) is 24.3 Å². The molecule has 0 saturated heterocycles. The molecule has 2 aromatic carbocycles. The summed E-state index contributed by atoms with van der Waals surface area (Å²) in [6.45, 7) is 1.97. The quantitative estimate of drug-likeness (QED) is 0.372. The number of hydrogen-bond acceptors (Lipinski definition) is 6. The third-order valence-electron chi connectivity index (χ3n) is 4.19. The number of nitro groups is 1. The largest absolute Gasteiger partial charge is 0.468 e. The summed E-state index contributed by atoms with van der Waals surface area (Å²) in [5.41, 5.74) is 2.03. The van der Waals surface area contributed by atoms with Crippen LogP contribution in [-0.4, -0.2) is 28.5 Å². The Bertz CT molecular complexity index is 1130. The van der Waals surface area contributed by atoms with Gasteiger partial charge in [-0.3, -0.25) is 19.7 Å². The second kappa shape index (κ2) is 8.13. The molecule has 3 rings (SSSR count). The topological polar surface area (TPSA) is 104 Å². The standard InChI is InChI=1S/C19H17N3O5S/c1-3-12-4-9-15-16(10-12)28-19(21(15)11-17(23)27-2)20-18(24)13-5-7-14(8-6-13)22(25)26/h4-10H,3,11H2,1-2H3. The van der Waals surface area contributed by atoms with Crippen LogP contribution in [0.4, 0.5) is 5.69 Å². The summed E-state index contributed by atoms with van der Waals surface area (Å²) in [6.07, 6.45) is 0.860. The highest BCUT2D eigenvalue weighted by molar-refractivity contribution is 7.16. The summed E-state index contributed by atoms with van der Waals surface area (Å²) in [6, 6.07) is 11.1. The monoisotopic (exact) mass is 399 g/mol. The Morgan fingerprint density at radius 2 is 1.93 bits per heavy atom. The molecule has 0 saturated carbocycles. The fourth-order valence-corrected chi connectivity index (χ4v) is 3.74. The van der Waals surface area contributed by atoms with Crippen LogP contribution in [-0.2, 0) is 22.5 Å². The number of carbonyl (C=O) groups is 2. The second-order valence-corrected chi connectivity index (χ2v) is 6.93. The van der Waals surface area contributed by atoms with Crippen LogP contribution in [0.3, 0.4) is 0 Å². The van der Waals surface area contributed by atoms with E-state index in [9.17, 15) is 19.7 Å². The zero-order chi connectivity index (χ0) is 20.3. The number of aromatic nitrogens is 1. The molecule has 0 unspecified atom stereocenters. The fourth-order valence-electron chi connectivity index (χ4n) is 2.65. The van der Waals surface area contributed by atoms with E-state index in [1.165, 1.54) is 42.7 Å². The van der Waals surface area contributed by atoms with E-state index in [1.54, 1.807) is 4.57 Å². The van der Waals surface area contributed by atoms with Crippen molar-refractivity contribution in [1.29, 1.82) is 0 Å². The predicted molar refractivity (Wildman–Crippen MR) is 104 cm³/mol. The minimum Gasteiger partial charge on any atom is -0.468 e. The van der Waals surface area contributed by atoms with Crippen molar-refractivity contribution in [2.24, 2.45) is 4.99 Å². The van der Waals surface area contributed by atoms with E-state index in [2.05, 4.69) is 4.99 Å². The number of carbonyl (C=O) groups excluding carboxylic acids is 2. The van der Waals surface area contributed by atoms with Crippen molar-refractivity contribution < 1.29 is 19.2 Å². The van der Waals surface area contributed by atoms with Gasteiger partial charge in [-0.05, 0) is 36.2 Å². The highest BCUT2D eigenvalue weighted by Crippen LogP contribution is 2.20. The number of methoxy groups -OCH3 is 1. The zero-order valence-corrected chi connectivity index (χ0v) is 16.1. The molecule has 0 aliphatic heterocycles. The molecular weight excluding hydrogens is 382 g/mol. The molecule has 8 nitrogen and oxygen atoms in total. The zero-order valence-electron chi connectivity index (χ0n) is 15.2. The summed E-state index contributed by atoms with van der Waals surface area (Å²) in [5.74, 6) is -1.00. The van der Waals surface area contributed by atoms with E-state index in [0.29, 0.717) is 4.80 Å². The van der Waals surface area contributed by atoms with Crippen molar-refractivity contribution in [2.75, 3.05) is 7.11 Å². The Morgan fingerprint density at radius 3 is 2.54 bits per heavy atom. The molecular formula is C19H17N3O5S. The Balaban J connectivity index is 2.08. The molecule has 9 heteroatoms. The van der Waals surface area contributed by atoms with Crippen LogP contribution in [0, 0.1) is 10.1 Å². The van der Waals surface area contributed by atoms with Gasteiger partial charge in [-0.15, -0.1) is 0 Å². The fraction of sp³-hybridized carbons (Fsp3) is 0.211. The number of fused-ring (bicyclic) bond motifs is 1. The van der Waals surface area contributed by atoms with Gasteiger partial charge in [-0.25, -0.2) is 0 Å². The predicted octanol–water partition coefficient (Wildman–Crippen LogP) is 3.09. The average molecular weight is 399 g/mol. The number of rotatable bonds is 5. The van der Waals surface area contributed by atoms with Gasteiger partial charge in [0, 0.05) is 17.7 Å². The van der Waals surface area contributed by atoms with Gasteiger partial charge in [0.25, 0.3) is 11.6 Å². The number of non-ortho nitro benzene ring substituents is 1. The molecule has 1 amide bonds. The van der Waals surface area contributed by atoms with Gasteiger partial charge in [-0.2, -0.15) is 4.99 Å². The molecule has 0 aliphatic rings. The van der Waals surface area contributed by atoms with Crippen molar-refractivity contribution in [2.45, 2.75) is 19.9 Å². The number of esters is 1. The van der Waals surface area contributed by atoms with E-state index in [4.69, 9.17) is 4.74 Å². The molecule has 0 aliphatic carbocycles. The lowest BCUT2D eigenvalue weighted by atomic mass is 10.2. The van der Waals surface area contributed by atoms with Crippen molar-refractivity contribution in [3.63, 3.8) is 0 Å². The normalized spacial score (nSPS) is 11.6. The summed E-state index contributed by atoms with van der Waals surface area (Å²) >= 11 is 1.30. The van der Waals surface area contributed by atoms with Gasteiger partial charge < -0.3 is 9.30 Å². The number of hydrogen-bond donors (Lipinski definition) is 0. The van der Waals surface area contributed by atoms with Crippen LogP contribution >= 0.6 is 11.3 Å². The smallest absolute Gasteiger partial charge is 0.325 e. The van der Waals surface area contributed by atoms with Crippen LogP contribution in [0.25, 0.3) is 10.2 Å². The number of benzene rings is 2. The Hall–Kier alpha value is -3.33. The lowest BCUT2D eigenvalue weighted by molar-refractivity contribution is -0.384. The number of aryl methyl sites for hydroxylation is 1. The number of nitro benzene ring substituents is 1. The van der Waals surface area contributed by atoms with E-state index in [0.717, 1.165) is 22.2 Å². The maximum absolute atomic E-state index is 12.5. The van der Waals surface area contributed by atoms with Gasteiger partial charge >= 0.3 is 5.97 Å². The Kier molecular flexibility index (Phi) is 5.65. The summed E-state index contributed by atoms with van der Waals surface area (Å²) in [7, 11) is 1.30. The SMILES string of the molecule is CCc1ccc2c(c1)sc(=NC(=O)c1ccc([N+](=O)[O-])cc1)n2CC(=O)OC. The summed E-state index contributed by atoms with van der Waals surface area (Å²) in [4.78, 5) is 39.1. The van der Waals surface area contributed by atoms with Crippen LogP contribution in [0.15, 0.2) is 47.5 Å². The molecule has 0 fully saturated rings. The Labute approximate surface area is 163 Å². The third-order valence-corrected chi connectivity index (χ3v) is 5.23. The minimum absolute atomic E-state index is 0.0751. The highest BCUT2D eigenvalue weighted by atomic mass is 32.1. The van der Waals surface area contributed by atoms with Gasteiger partial charge in [0.15, 0.2) is 4.80 Å². The van der Waals surface area contributed by atoms with Crippen LogP contribution in [0.1, 0.15) is 22.8 Å². The van der Waals surface area contributed by atoms with Crippen molar-refractivity contribution in [3.05, 3.63) is 68.5 Å². The van der Waals surface area contributed by atoms with Gasteiger partial charge in [0.05, 0.1) is 22.2 Å². The molecule has 0 spiro atoms. The average Bonchev–Trinajstić information content (AvgIpc) is 3.03. The van der Waals surface area contributed by atoms with E-state index >= 15 is 0 Å². The molecule has 144 valence electrons. The number of ether oxygens (including phenoxy) is 1. The third kappa shape index (κ3) is 3.99. The van der Waals surface area contributed by atoms with E-state index in [-0.39, 0.29) is 17.8 Å². The van der Waals surface area contributed by atoms with Crippen molar-refractivity contribution in [1.82, 2.24) is 4.57 Å². The number of thiazole rings is 1. The number of nitrogens with zero attached hydrogens (tertiary/aromatic N) is 3. The molecule has 0 bridgehead atoms. The van der Waals surface area contributed by atoms with Crippen LogP contribution in [0.2, 0.25) is 0 Å². The first-order valence-corrected chi connectivity index (χ1v) is 9.27. The lowest BCUT2D eigenvalue weighted by Gasteiger charge is -2.04. The van der Waals surface area contributed by atoms with Crippen molar-refractivity contribution in [3.8, 4) is 0 Å². The number of amides is 1. The summed E-state index contributed by atoms with van der Waals surface area (Å²) in [5, 5.41) is 10.8. The second-order valence-electron chi connectivity index (χ2n) is 5.92. The molecule has 0 atom stereocenters. The first-order chi connectivity index (χ1) is 13.4. The Morgan fingerprint density at radius 1 is 1.21 bits per heavy atom. The maximum atomic E-state index is 12.5. The first-order valence-electron chi connectivity index (χ1n) is 8.45. The molecule has 0 N–H and O–H groups in total. The van der Waals surface area contributed by atoms with Crippen molar-refractivity contribution >= 4 is 39.1 Å². The van der Waals surface area contributed by atoms with E-state index < -0.39 is 16.8 Å². The van der Waals surface area contributed by atoms with Gasteiger partial charge in [0.2, 0.25) is 0 Å². The lowest BCUT2D eigenvalue weighted by Crippen LogP contribution is -2.22. The molecule has 1 aromatic heterocycles. The molecule has 0 radical (unpaired) electrons.